The van der Waals surface area contributed by atoms with Crippen molar-refractivity contribution in [2.45, 2.75) is 25.3 Å². The topological polar surface area (TPSA) is 38.9 Å². The van der Waals surface area contributed by atoms with Gasteiger partial charge in [-0.05, 0) is 35.2 Å². The van der Waals surface area contributed by atoms with Crippen LogP contribution in [0.5, 0.6) is 0 Å². The maximum absolute atomic E-state index is 5.91. The average Bonchev–Trinajstić information content (AvgIpc) is 2.31. The quantitative estimate of drug-likeness (QED) is 0.786. The molecule has 0 saturated carbocycles. The highest BCUT2D eigenvalue weighted by Crippen LogP contribution is 2.34. The fraction of sp³-hybridized carbons (Fsp3) is 0.571. The first-order valence-corrected chi connectivity index (χ1v) is 5.29. The standard InChI is InChI=1S/C7H9BrN2S.ClH/c8-7-10-5-3-1-2-4(9)6(5)11-7;/h4H,1-3,9H2;1H. The molecule has 68 valence electrons. The molecule has 0 bridgehead atoms. The maximum atomic E-state index is 5.91. The van der Waals surface area contributed by atoms with E-state index >= 15 is 0 Å². The Kier molecular flexibility index (Phi) is 3.52. The number of rotatable bonds is 0. The normalized spacial score (nSPS) is 21.3. The predicted molar refractivity (Wildman–Crippen MR) is 56.9 cm³/mol. The van der Waals surface area contributed by atoms with Crippen molar-refractivity contribution in [1.29, 1.82) is 0 Å². The van der Waals surface area contributed by atoms with E-state index in [0.29, 0.717) is 0 Å². The summed E-state index contributed by atoms with van der Waals surface area (Å²) in [5, 5.41) is 0. The van der Waals surface area contributed by atoms with Gasteiger partial charge in [0.2, 0.25) is 0 Å². The molecular formula is C7H10BrClN2S. The van der Waals surface area contributed by atoms with Crippen LogP contribution in [0.4, 0.5) is 0 Å². The van der Waals surface area contributed by atoms with Gasteiger partial charge in [-0.2, -0.15) is 0 Å². The highest BCUT2D eigenvalue weighted by atomic mass is 79.9. The van der Waals surface area contributed by atoms with Crippen molar-refractivity contribution in [3.05, 3.63) is 14.5 Å². The number of aryl methyl sites for hydroxylation is 1. The zero-order valence-corrected chi connectivity index (χ0v) is 9.64. The third-order valence-electron chi connectivity index (χ3n) is 1.97. The molecule has 1 unspecified atom stereocenters. The molecule has 1 atom stereocenters. The number of hydrogen-bond donors (Lipinski definition) is 1. The molecule has 0 amide bonds. The molecule has 1 aliphatic carbocycles. The molecular weight excluding hydrogens is 260 g/mol. The van der Waals surface area contributed by atoms with E-state index in [-0.39, 0.29) is 18.4 Å². The van der Waals surface area contributed by atoms with Gasteiger partial charge in [-0.25, -0.2) is 4.98 Å². The Morgan fingerprint density at radius 2 is 2.33 bits per heavy atom. The summed E-state index contributed by atoms with van der Waals surface area (Å²) in [6.07, 6.45) is 3.40. The van der Waals surface area contributed by atoms with E-state index < -0.39 is 0 Å². The molecule has 2 N–H and O–H groups in total. The molecule has 1 aromatic heterocycles. The van der Waals surface area contributed by atoms with Gasteiger partial charge in [0.05, 0.1) is 5.69 Å². The molecule has 0 aromatic carbocycles. The summed E-state index contributed by atoms with van der Waals surface area (Å²) in [4.78, 5) is 5.64. The number of hydrogen-bond acceptors (Lipinski definition) is 3. The zero-order chi connectivity index (χ0) is 7.84. The summed E-state index contributed by atoms with van der Waals surface area (Å²) in [6, 6.07) is 0.238. The van der Waals surface area contributed by atoms with Crippen molar-refractivity contribution in [2.75, 3.05) is 0 Å². The van der Waals surface area contributed by atoms with Gasteiger partial charge < -0.3 is 5.73 Å². The highest BCUT2D eigenvalue weighted by molar-refractivity contribution is 9.11. The average molecular weight is 270 g/mol. The van der Waals surface area contributed by atoms with Crippen molar-refractivity contribution in [2.24, 2.45) is 5.73 Å². The molecule has 1 heterocycles. The molecule has 12 heavy (non-hydrogen) atoms. The molecule has 0 fully saturated rings. The van der Waals surface area contributed by atoms with Gasteiger partial charge in [-0.1, -0.05) is 0 Å². The van der Waals surface area contributed by atoms with E-state index in [9.17, 15) is 0 Å². The molecule has 0 radical (unpaired) electrons. The van der Waals surface area contributed by atoms with Gasteiger partial charge in [0, 0.05) is 10.9 Å². The summed E-state index contributed by atoms with van der Waals surface area (Å²) in [7, 11) is 0. The molecule has 2 nitrogen and oxygen atoms in total. The summed E-state index contributed by atoms with van der Waals surface area (Å²) in [5.74, 6) is 0. The lowest BCUT2D eigenvalue weighted by molar-refractivity contribution is 0.573. The van der Waals surface area contributed by atoms with Gasteiger partial charge in [0.25, 0.3) is 0 Å². The fourth-order valence-electron chi connectivity index (χ4n) is 1.42. The van der Waals surface area contributed by atoms with Crippen LogP contribution in [0.25, 0.3) is 0 Å². The van der Waals surface area contributed by atoms with Gasteiger partial charge >= 0.3 is 0 Å². The molecule has 1 aliphatic rings. The second kappa shape index (κ2) is 4.05. The van der Waals surface area contributed by atoms with Crippen LogP contribution < -0.4 is 5.73 Å². The minimum absolute atomic E-state index is 0. The largest absolute Gasteiger partial charge is 0.323 e. The van der Waals surface area contributed by atoms with E-state index in [1.54, 1.807) is 11.3 Å². The van der Waals surface area contributed by atoms with E-state index in [1.165, 1.54) is 17.0 Å². The molecule has 0 spiro atoms. The smallest absolute Gasteiger partial charge is 0.159 e. The summed E-state index contributed by atoms with van der Waals surface area (Å²) >= 11 is 5.05. The van der Waals surface area contributed by atoms with E-state index in [2.05, 4.69) is 20.9 Å². The van der Waals surface area contributed by atoms with E-state index in [4.69, 9.17) is 5.73 Å². The highest BCUT2D eigenvalue weighted by Gasteiger charge is 2.20. The number of nitrogens with two attached hydrogens (primary N) is 1. The van der Waals surface area contributed by atoms with Crippen LogP contribution in [-0.2, 0) is 6.42 Å². The summed E-state index contributed by atoms with van der Waals surface area (Å²) in [5.41, 5.74) is 7.12. The lowest BCUT2D eigenvalue weighted by Crippen LogP contribution is -2.15. The minimum atomic E-state index is 0. The van der Waals surface area contributed by atoms with Crippen LogP contribution in [0.3, 0.4) is 0 Å². The number of nitrogens with zero attached hydrogens (tertiary/aromatic N) is 1. The van der Waals surface area contributed by atoms with Crippen LogP contribution in [0.1, 0.15) is 29.5 Å². The monoisotopic (exact) mass is 268 g/mol. The predicted octanol–water partition coefficient (Wildman–Crippen LogP) is 2.66. The van der Waals surface area contributed by atoms with Gasteiger partial charge in [0.1, 0.15) is 0 Å². The number of halogens is 2. The van der Waals surface area contributed by atoms with Gasteiger partial charge in [-0.15, -0.1) is 23.7 Å². The van der Waals surface area contributed by atoms with E-state index in [0.717, 1.165) is 16.8 Å². The second-order valence-corrected chi connectivity index (χ2v) is 5.08. The van der Waals surface area contributed by atoms with Crippen LogP contribution in [0, 0.1) is 0 Å². The molecule has 2 rings (SSSR count). The Morgan fingerprint density at radius 1 is 1.58 bits per heavy atom. The lowest BCUT2D eigenvalue weighted by atomic mass is 9.99. The lowest BCUT2D eigenvalue weighted by Gasteiger charge is -2.15. The summed E-state index contributed by atoms with van der Waals surface area (Å²) < 4.78 is 0.972. The Hall–Kier alpha value is 0.360. The third kappa shape index (κ3) is 1.82. The zero-order valence-electron chi connectivity index (χ0n) is 6.42. The first-order chi connectivity index (χ1) is 5.27. The Balaban J connectivity index is 0.000000720. The van der Waals surface area contributed by atoms with Crippen molar-refractivity contribution in [3.63, 3.8) is 0 Å². The molecule has 0 saturated heterocycles. The van der Waals surface area contributed by atoms with Crippen molar-refractivity contribution >= 4 is 39.7 Å². The van der Waals surface area contributed by atoms with Crippen molar-refractivity contribution < 1.29 is 0 Å². The first-order valence-electron chi connectivity index (χ1n) is 3.68. The van der Waals surface area contributed by atoms with Crippen LogP contribution in [0.15, 0.2) is 3.92 Å². The van der Waals surface area contributed by atoms with Crippen molar-refractivity contribution in [3.8, 4) is 0 Å². The SMILES string of the molecule is Cl.NC1CCCc2nc(Br)sc21. The number of thiazole rings is 1. The Bertz CT molecular complexity index is 276. The minimum Gasteiger partial charge on any atom is -0.323 e. The fourth-order valence-corrected chi connectivity index (χ4v) is 3.03. The third-order valence-corrected chi connectivity index (χ3v) is 3.65. The maximum Gasteiger partial charge on any atom is 0.159 e. The molecule has 1 aromatic rings. The number of aromatic nitrogens is 1. The Morgan fingerprint density at radius 3 is 3.00 bits per heavy atom. The second-order valence-electron chi connectivity index (χ2n) is 2.78. The van der Waals surface area contributed by atoms with Gasteiger partial charge in [0.15, 0.2) is 3.92 Å². The number of fused-ring (bicyclic) bond motifs is 1. The van der Waals surface area contributed by atoms with Crippen LogP contribution >= 0.6 is 39.7 Å². The summed E-state index contributed by atoms with van der Waals surface area (Å²) in [6.45, 7) is 0. The molecule has 0 aliphatic heterocycles. The van der Waals surface area contributed by atoms with Crippen LogP contribution in [-0.4, -0.2) is 4.98 Å². The van der Waals surface area contributed by atoms with Gasteiger partial charge in [-0.3, -0.25) is 0 Å². The van der Waals surface area contributed by atoms with E-state index in [1.807, 2.05) is 0 Å². The molecule has 5 heteroatoms. The Labute approximate surface area is 90.1 Å². The van der Waals surface area contributed by atoms with Crippen LogP contribution in [0.2, 0.25) is 0 Å². The van der Waals surface area contributed by atoms with Crippen molar-refractivity contribution in [1.82, 2.24) is 4.98 Å². The first kappa shape index (κ1) is 10.4.